The highest BCUT2D eigenvalue weighted by Gasteiger charge is 2.39. The summed E-state index contributed by atoms with van der Waals surface area (Å²) in [6.45, 7) is 2.63. The summed E-state index contributed by atoms with van der Waals surface area (Å²) in [5, 5.41) is 15.8. The van der Waals surface area contributed by atoms with Crippen molar-refractivity contribution in [1.82, 2.24) is 14.7 Å². The van der Waals surface area contributed by atoms with E-state index in [9.17, 15) is 14.7 Å². The molecule has 2 heterocycles. The Kier molecular flexibility index (Phi) is 5.54. The van der Waals surface area contributed by atoms with Crippen LogP contribution in [-0.2, 0) is 0 Å². The van der Waals surface area contributed by atoms with Crippen LogP contribution in [0.2, 0.25) is 10.0 Å². The van der Waals surface area contributed by atoms with Gasteiger partial charge in [0.15, 0.2) is 11.4 Å². The first-order valence-electron chi connectivity index (χ1n) is 9.51. The van der Waals surface area contributed by atoms with E-state index in [1.807, 2.05) is 43.3 Å². The molecule has 0 fully saturated rings. The molecule has 0 aliphatic carbocycles. The van der Waals surface area contributed by atoms with Crippen molar-refractivity contribution < 1.29 is 9.90 Å². The molecule has 154 valence electrons. The monoisotopic (exact) mass is 443 g/mol. The Morgan fingerprint density at radius 1 is 1.10 bits per heavy atom. The van der Waals surface area contributed by atoms with E-state index in [0.29, 0.717) is 23.1 Å². The minimum atomic E-state index is -0.687. The normalized spacial score (nSPS) is 16.1. The SMILES string of the molecule is CCN1CC(C(c2cccc(Cl)c2)c2cccc(Cl)c2)n2ncc(=O)c(O)c2C1=O. The first-order valence-corrected chi connectivity index (χ1v) is 10.3. The fraction of sp³-hybridized carbons (Fsp3) is 0.227. The minimum absolute atomic E-state index is 0.102. The van der Waals surface area contributed by atoms with Gasteiger partial charge in [0, 0.05) is 29.1 Å². The van der Waals surface area contributed by atoms with Crippen LogP contribution in [-0.4, -0.2) is 38.8 Å². The van der Waals surface area contributed by atoms with E-state index in [1.165, 1.54) is 4.68 Å². The summed E-state index contributed by atoms with van der Waals surface area (Å²) < 4.78 is 1.46. The number of carbonyl (C=O) groups excluding carboxylic acids is 1. The molecule has 0 bridgehead atoms. The lowest BCUT2D eigenvalue weighted by Gasteiger charge is -2.39. The third kappa shape index (κ3) is 3.57. The number of hydrogen-bond acceptors (Lipinski definition) is 4. The highest BCUT2D eigenvalue weighted by Crippen LogP contribution is 2.40. The van der Waals surface area contributed by atoms with Crippen LogP contribution in [0.1, 0.15) is 40.5 Å². The summed E-state index contributed by atoms with van der Waals surface area (Å²) in [6, 6.07) is 14.5. The van der Waals surface area contributed by atoms with Crippen LogP contribution in [0.25, 0.3) is 0 Å². The van der Waals surface area contributed by atoms with Gasteiger partial charge in [-0.25, -0.2) is 0 Å². The molecule has 1 aromatic heterocycles. The summed E-state index contributed by atoms with van der Waals surface area (Å²) in [4.78, 5) is 26.5. The van der Waals surface area contributed by atoms with Gasteiger partial charge in [-0.1, -0.05) is 47.5 Å². The summed E-state index contributed by atoms with van der Waals surface area (Å²) >= 11 is 12.6. The molecule has 0 saturated heterocycles. The number of hydrogen-bond donors (Lipinski definition) is 1. The Morgan fingerprint density at radius 3 is 2.23 bits per heavy atom. The molecule has 1 aliphatic heterocycles. The van der Waals surface area contributed by atoms with E-state index in [2.05, 4.69) is 5.10 Å². The number of carbonyl (C=O) groups is 1. The van der Waals surface area contributed by atoms with E-state index < -0.39 is 17.1 Å². The zero-order valence-electron chi connectivity index (χ0n) is 16.1. The smallest absolute Gasteiger partial charge is 0.276 e. The van der Waals surface area contributed by atoms with Gasteiger partial charge in [-0.15, -0.1) is 0 Å². The molecule has 1 unspecified atom stereocenters. The Hall–Kier alpha value is -2.83. The molecule has 0 spiro atoms. The number of aromatic nitrogens is 2. The fourth-order valence-corrected chi connectivity index (χ4v) is 4.40. The molecule has 1 amide bonds. The van der Waals surface area contributed by atoms with Crippen molar-refractivity contribution in [3.8, 4) is 5.75 Å². The van der Waals surface area contributed by atoms with Crippen LogP contribution in [0, 0.1) is 0 Å². The second-order valence-corrected chi connectivity index (χ2v) is 8.02. The molecule has 2 aromatic carbocycles. The summed E-state index contributed by atoms with van der Waals surface area (Å²) in [5.74, 6) is -1.29. The Balaban J connectivity index is 1.97. The summed E-state index contributed by atoms with van der Waals surface area (Å²) in [7, 11) is 0. The van der Waals surface area contributed by atoms with Gasteiger partial charge in [0.05, 0.1) is 12.2 Å². The second kappa shape index (κ2) is 8.13. The number of rotatable bonds is 4. The molecular formula is C22H19Cl2N3O3. The van der Waals surface area contributed by atoms with E-state index in [4.69, 9.17) is 23.2 Å². The highest BCUT2D eigenvalue weighted by molar-refractivity contribution is 6.31. The quantitative estimate of drug-likeness (QED) is 0.658. The van der Waals surface area contributed by atoms with Gasteiger partial charge >= 0.3 is 0 Å². The Morgan fingerprint density at radius 2 is 1.70 bits per heavy atom. The third-order valence-corrected chi connectivity index (χ3v) is 5.85. The highest BCUT2D eigenvalue weighted by atomic mass is 35.5. The van der Waals surface area contributed by atoms with Crippen LogP contribution >= 0.6 is 23.2 Å². The summed E-state index contributed by atoms with van der Waals surface area (Å²) in [6.07, 6.45) is 1.04. The van der Waals surface area contributed by atoms with E-state index in [-0.39, 0.29) is 17.7 Å². The molecule has 1 aliphatic rings. The van der Waals surface area contributed by atoms with Crippen molar-refractivity contribution in [2.75, 3.05) is 13.1 Å². The van der Waals surface area contributed by atoms with Gasteiger partial charge < -0.3 is 10.0 Å². The fourth-order valence-electron chi connectivity index (χ4n) is 4.00. The van der Waals surface area contributed by atoms with Gasteiger partial charge in [-0.2, -0.15) is 5.10 Å². The average molecular weight is 444 g/mol. The predicted molar refractivity (Wildman–Crippen MR) is 116 cm³/mol. The summed E-state index contributed by atoms with van der Waals surface area (Å²) in [5.41, 5.74) is 1.03. The molecular weight excluding hydrogens is 425 g/mol. The number of fused-ring (bicyclic) bond motifs is 1. The van der Waals surface area contributed by atoms with E-state index in [1.54, 1.807) is 17.0 Å². The zero-order chi connectivity index (χ0) is 21.4. The van der Waals surface area contributed by atoms with Crippen molar-refractivity contribution in [3.63, 3.8) is 0 Å². The maximum atomic E-state index is 12.9. The first kappa shape index (κ1) is 20.4. The van der Waals surface area contributed by atoms with E-state index >= 15 is 0 Å². The van der Waals surface area contributed by atoms with Gasteiger partial charge in [-0.3, -0.25) is 14.3 Å². The number of likely N-dealkylation sites (N-methyl/N-ethyl adjacent to an activating group) is 1. The van der Waals surface area contributed by atoms with Gasteiger partial charge in [0.1, 0.15) is 0 Å². The van der Waals surface area contributed by atoms with Gasteiger partial charge in [0.25, 0.3) is 5.91 Å². The van der Waals surface area contributed by atoms with E-state index in [0.717, 1.165) is 17.3 Å². The topological polar surface area (TPSA) is 75.4 Å². The van der Waals surface area contributed by atoms with Crippen molar-refractivity contribution in [2.45, 2.75) is 18.9 Å². The van der Waals surface area contributed by atoms with Crippen LogP contribution in [0.15, 0.2) is 59.5 Å². The minimum Gasteiger partial charge on any atom is -0.502 e. The molecule has 30 heavy (non-hydrogen) atoms. The largest absolute Gasteiger partial charge is 0.502 e. The molecule has 3 aromatic rings. The predicted octanol–water partition coefficient (Wildman–Crippen LogP) is 4.10. The molecule has 1 N–H and O–H groups in total. The maximum absolute atomic E-state index is 12.9. The molecule has 6 nitrogen and oxygen atoms in total. The lowest BCUT2D eigenvalue weighted by Crippen LogP contribution is -2.46. The molecule has 1 atom stereocenters. The molecule has 4 rings (SSSR count). The molecule has 0 saturated carbocycles. The number of benzene rings is 2. The van der Waals surface area contributed by atoms with Crippen molar-refractivity contribution >= 4 is 29.1 Å². The number of amides is 1. The second-order valence-electron chi connectivity index (χ2n) is 7.15. The maximum Gasteiger partial charge on any atom is 0.276 e. The number of aromatic hydroxyl groups is 1. The Labute approximate surface area is 183 Å². The number of halogens is 2. The Bertz CT molecular complexity index is 1130. The van der Waals surface area contributed by atoms with Crippen LogP contribution < -0.4 is 5.43 Å². The molecule has 0 radical (unpaired) electrons. The van der Waals surface area contributed by atoms with Gasteiger partial charge in [0.2, 0.25) is 5.43 Å². The lowest BCUT2D eigenvalue weighted by atomic mass is 9.83. The zero-order valence-corrected chi connectivity index (χ0v) is 17.6. The van der Waals surface area contributed by atoms with Crippen molar-refractivity contribution in [2.24, 2.45) is 0 Å². The number of nitrogens with zero attached hydrogens (tertiary/aromatic N) is 3. The van der Waals surface area contributed by atoms with Gasteiger partial charge in [-0.05, 0) is 42.3 Å². The third-order valence-electron chi connectivity index (χ3n) is 5.38. The standard InChI is InChI=1S/C22H19Cl2N3O3/c1-2-26-12-17(27-20(22(26)30)21(29)18(28)11-25-27)19(13-5-3-7-15(23)9-13)14-6-4-8-16(24)10-14/h3-11,17,19,29H,2,12H2,1H3. The van der Waals surface area contributed by atoms with Crippen LogP contribution in [0.4, 0.5) is 0 Å². The van der Waals surface area contributed by atoms with Crippen molar-refractivity contribution in [1.29, 1.82) is 0 Å². The average Bonchev–Trinajstić information content (AvgIpc) is 2.72. The lowest BCUT2D eigenvalue weighted by molar-refractivity contribution is 0.0646. The first-order chi connectivity index (χ1) is 14.4. The molecule has 8 heteroatoms. The van der Waals surface area contributed by atoms with Crippen molar-refractivity contribution in [3.05, 3.63) is 91.8 Å². The van der Waals surface area contributed by atoms with Crippen LogP contribution in [0.3, 0.4) is 0 Å². The van der Waals surface area contributed by atoms with Crippen LogP contribution in [0.5, 0.6) is 5.75 Å².